The molecule has 3 rings (SSSR count). The molecule has 0 aliphatic rings. The third-order valence-electron chi connectivity index (χ3n) is 3.45. The van der Waals surface area contributed by atoms with Gasteiger partial charge in [0, 0.05) is 6.07 Å². The van der Waals surface area contributed by atoms with Gasteiger partial charge < -0.3 is 14.6 Å². The van der Waals surface area contributed by atoms with Crippen molar-refractivity contribution in [2.45, 2.75) is 0 Å². The van der Waals surface area contributed by atoms with Crippen molar-refractivity contribution in [3.63, 3.8) is 0 Å². The van der Waals surface area contributed by atoms with Crippen molar-refractivity contribution >= 4 is 12.2 Å². The standard InChI is InChI=1S/C16H15N3O3S/c1-21-11-5-3-10(4-6-11)19-15(17-18-16(19)23)13-8-7-12(22-2)9-14(13)20/h3-9,20H,1-2H3,(H,18,23). The quantitative estimate of drug-likeness (QED) is 0.719. The van der Waals surface area contributed by atoms with Gasteiger partial charge in [0.2, 0.25) is 0 Å². The first-order valence-corrected chi connectivity index (χ1v) is 7.24. The highest BCUT2D eigenvalue weighted by atomic mass is 32.1. The predicted octanol–water partition coefficient (Wildman–Crippen LogP) is 3.32. The minimum Gasteiger partial charge on any atom is -0.507 e. The largest absolute Gasteiger partial charge is 0.507 e. The number of phenolic OH excluding ortho intramolecular Hbond substituents is 1. The van der Waals surface area contributed by atoms with Gasteiger partial charge in [-0.15, -0.1) is 0 Å². The molecule has 118 valence electrons. The van der Waals surface area contributed by atoms with Crippen LogP contribution in [0.1, 0.15) is 0 Å². The molecule has 0 unspecified atom stereocenters. The zero-order chi connectivity index (χ0) is 16.4. The van der Waals surface area contributed by atoms with Crippen LogP contribution in [0.2, 0.25) is 0 Å². The Bertz CT molecular complexity index is 884. The zero-order valence-corrected chi connectivity index (χ0v) is 13.4. The van der Waals surface area contributed by atoms with Crippen molar-refractivity contribution in [2.24, 2.45) is 0 Å². The third kappa shape index (κ3) is 2.78. The highest BCUT2D eigenvalue weighted by Gasteiger charge is 2.15. The number of aromatic nitrogens is 3. The summed E-state index contributed by atoms with van der Waals surface area (Å²) in [6, 6.07) is 12.4. The molecule has 23 heavy (non-hydrogen) atoms. The Morgan fingerprint density at radius 3 is 2.30 bits per heavy atom. The van der Waals surface area contributed by atoms with Crippen molar-refractivity contribution in [3.8, 4) is 34.3 Å². The van der Waals surface area contributed by atoms with Crippen LogP contribution in [-0.2, 0) is 0 Å². The van der Waals surface area contributed by atoms with Crippen LogP contribution in [0.3, 0.4) is 0 Å². The maximum atomic E-state index is 10.2. The summed E-state index contributed by atoms with van der Waals surface area (Å²) in [6.07, 6.45) is 0. The molecule has 0 aliphatic heterocycles. The van der Waals surface area contributed by atoms with Gasteiger partial charge in [-0.3, -0.25) is 9.67 Å². The van der Waals surface area contributed by atoms with E-state index in [9.17, 15) is 5.11 Å². The van der Waals surface area contributed by atoms with E-state index in [1.807, 2.05) is 24.3 Å². The fourth-order valence-electron chi connectivity index (χ4n) is 2.28. The minimum absolute atomic E-state index is 0.0631. The van der Waals surface area contributed by atoms with E-state index in [-0.39, 0.29) is 5.75 Å². The Morgan fingerprint density at radius 2 is 1.70 bits per heavy atom. The molecule has 0 bridgehead atoms. The number of nitrogens with one attached hydrogen (secondary N) is 1. The molecule has 0 saturated carbocycles. The van der Waals surface area contributed by atoms with E-state index in [0.29, 0.717) is 21.9 Å². The van der Waals surface area contributed by atoms with E-state index in [1.54, 1.807) is 30.9 Å². The summed E-state index contributed by atoms with van der Waals surface area (Å²) in [7, 11) is 3.15. The van der Waals surface area contributed by atoms with Crippen LogP contribution in [0.15, 0.2) is 42.5 Å². The monoisotopic (exact) mass is 329 g/mol. The van der Waals surface area contributed by atoms with Gasteiger partial charge in [-0.2, -0.15) is 5.10 Å². The van der Waals surface area contributed by atoms with Gasteiger partial charge in [0.15, 0.2) is 10.6 Å². The van der Waals surface area contributed by atoms with E-state index < -0.39 is 0 Å². The number of aromatic hydroxyl groups is 1. The Labute approximate surface area is 137 Å². The average Bonchev–Trinajstić information content (AvgIpc) is 2.96. The number of hydrogen-bond donors (Lipinski definition) is 2. The average molecular weight is 329 g/mol. The fraction of sp³-hybridized carbons (Fsp3) is 0.125. The summed E-state index contributed by atoms with van der Waals surface area (Å²) in [4.78, 5) is 0. The van der Waals surface area contributed by atoms with Gasteiger partial charge in [0.1, 0.15) is 17.2 Å². The Kier molecular flexibility index (Phi) is 4.03. The van der Waals surface area contributed by atoms with Gasteiger partial charge >= 0.3 is 0 Å². The molecule has 0 aliphatic carbocycles. The van der Waals surface area contributed by atoms with E-state index in [4.69, 9.17) is 21.7 Å². The molecule has 2 N–H and O–H groups in total. The topological polar surface area (TPSA) is 72.3 Å². The van der Waals surface area contributed by atoms with Gasteiger partial charge in [0.05, 0.1) is 25.5 Å². The lowest BCUT2D eigenvalue weighted by Gasteiger charge is -2.10. The van der Waals surface area contributed by atoms with E-state index >= 15 is 0 Å². The first-order chi connectivity index (χ1) is 11.1. The SMILES string of the molecule is COc1ccc(-n2c(-c3ccc(OC)cc3O)n[nH]c2=S)cc1. The second-order valence-electron chi connectivity index (χ2n) is 4.77. The minimum atomic E-state index is 0.0631. The molecule has 0 saturated heterocycles. The molecule has 2 aromatic carbocycles. The second-order valence-corrected chi connectivity index (χ2v) is 5.16. The lowest BCUT2D eigenvalue weighted by atomic mass is 10.1. The summed E-state index contributed by atoms with van der Waals surface area (Å²) in [5.41, 5.74) is 1.36. The van der Waals surface area contributed by atoms with Crippen LogP contribution in [0, 0.1) is 4.77 Å². The highest BCUT2D eigenvalue weighted by Crippen LogP contribution is 2.32. The normalized spacial score (nSPS) is 10.5. The summed E-state index contributed by atoms with van der Waals surface area (Å²) in [5, 5.41) is 17.2. The lowest BCUT2D eigenvalue weighted by molar-refractivity contribution is 0.408. The molecule has 0 radical (unpaired) electrons. The smallest absolute Gasteiger partial charge is 0.200 e. The van der Waals surface area contributed by atoms with E-state index in [1.165, 1.54) is 6.07 Å². The van der Waals surface area contributed by atoms with Crippen LogP contribution >= 0.6 is 12.2 Å². The Hall–Kier alpha value is -2.80. The zero-order valence-electron chi connectivity index (χ0n) is 12.6. The molecule has 1 heterocycles. The van der Waals surface area contributed by atoms with E-state index in [2.05, 4.69) is 10.2 Å². The lowest BCUT2D eigenvalue weighted by Crippen LogP contribution is -1.98. The van der Waals surface area contributed by atoms with Crippen LogP contribution in [0.4, 0.5) is 0 Å². The molecule has 0 amide bonds. The summed E-state index contributed by atoms with van der Waals surface area (Å²) in [6.45, 7) is 0. The van der Waals surface area contributed by atoms with Crippen molar-refractivity contribution < 1.29 is 14.6 Å². The Morgan fingerprint density at radius 1 is 1.04 bits per heavy atom. The first-order valence-electron chi connectivity index (χ1n) is 6.83. The number of nitrogens with zero attached hydrogens (tertiary/aromatic N) is 2. The molecule has 6 nitrogen and oxygen atoms in total. The van der Waals surface area contributed by atoms with Gasteiger partial charge in [-0.25, -0.2) is 0 Å². The summed E-state index contributed by atoms with van der Waals surface area (Å²) >= 11 is 5.32. The molecule has 1 aromatic heterocycles. The number of aromatic amines is 1. The van der Waals surface area contributed by atoms with Crippen molar-refractivity contribution in [1.29, 1.82) is 0 Å². The van der Waals surface area contributed by atoms with E-state index in [0.717, 1.165) is 11.4 Å². The van der Waals surface area contributed by atoms with Gasteiger partial charge in [-0.1, -0.05) is 0 Å². The second kappa shape index (κ2) is 6.13. The molecule has 0 atom stereocenters. The van der Waals surface area contributed by atoms with Crippen LogP contribution in [0.25, 0.3) is 17.1 Å². The molecular formula is C16H15N3O3S. The molecule has 3 aromatic rings. The molecule has 0 fully saturated rings. The number of phenols is 1. The van der Waals surface area contributed by atoms with Gasteiger partial charge in [-0.05, 0) is 48.6 Å². The molecule has 7 heteroatoms. The number of ether oxygens (including phenoxy) is 2. The highest BCUT2D eigenvalue weighted by molar-refractivity contribution is 7.71. The maximum absolute atomic E-state index is 10.2. The number of rotatable bonds is 4. The Balaban J connectivity index is 2.13. The third-order valence-corrected chi connectivity index (χ3v) is 3.72. The summed E-state index contributed by atoms with van der Waals surface area (Å²) in [5.74, 6) is 1.89. The summed E-state index contributed by atoms with van der Waals surface area (Å²) < 4.78 is 12.4. The number of H-pyrrole nitrogens is 1. The van der Waals surface area contributed by atoms with Crippen molar-refractivity contribution in [1.82, 2.24) is 14.8 Å². The first kappa shape index (κ1) is 15.1. The van der Waals surface area contributed by atoms with Gasteiger partial charge in [0.25, 0.3) is 0 Å². The molecule has 0 spiro atoms. The number of hydrogen-bond acceptors (Lipinski definition) is 5. The van der Waals surface area contributed by atoms with Crippen LogP contribution in [0.5, 0.6) is 17.2 Å². The van der Waals surface area contributed by atoms with Crippen molar-refractivity contribution in [3.05, 3.63) is 47.2 Å². The number of methoxy groups -OCH3 is 2. The van der Waals surface area contributed by atoms with Crippen molar-refractivity contribution in [2.75, 3.05) is 14.2 Å². The van der Waals surface area contributed by atoms with Crippen LogP contribution < -0.4 is 9.47 Å². The number of benzene rings is 2. The fourth-order valence-corrected chi connectivity index (χ4v) is 2.51. The molecular weight excluding hydrogens is 314 g/mol. The maximum Gasteiger partial charge on any atom is 0.200 e. The van der Waals surface area contributed by atoms with Crippen LogP contribution in [-0.4, -0.2) is 34.1 Å². The predicted molar refractivity (Wildman–Crippen MR) is 89.0 cm³/mol.